The van der Waals surface area contributed by atoms with E-state index in [4.69, 9.17) is 8.83 Å². The van der Waals surface area contributed by atoms with Crippen LogP contribution < -0.4 is 0 Å². The van der Waals surface area contributed by atoms with Crippen molar-refractivity contribution in [3.05, 3.63) is 94.6 Å². The van der Waals surface area contributed by atoms with Gasteiger partial charge in [0.2, 0.25) is 0 Å². The molecule has 0 spiro atoms. The Bertz CT molecular complexity index is 1380. The smallest absolute Gasteiger partial charge is 0.289 e. The maximum atomic E-state index is 13.2. The first-order valence-corrected chi connectivity index (χ1v) is 12.4. The second kappa shape index (κ2) is 8.70. The number of likely N-dealkylation sites (tertiary alicyclic amines) is 1. The molecule has 0 saturated carbocycles. The minimum Gasteiger partial charge on any atom is -0.465 e. The van der Waals surface area contributed by atoms with Crippen molar-refractivity contribution in [2.45, 2.75) is 44.9 Å². The molecule has 6 nitrogen and oxygen atoms in total. The number of fused-ring (bicyclic) bond motifs is 2. The van der Waals surface area contributed by atoms with Crippen molar-refractivity contribution in [3.8, 4) is 0 Å². The third kappa shape index (κ3) is 4.28. The highest BCUT2D eigenvalue weighted by Crippen LogP contribution is 2.36. The van der Waals surface area contributed by atoms with Crippen LogP contribution in [-0.2, 0) is 25.1 Å². The van der Waals surface area contributed by atoms with Gasteiger partial charge in [0.05, 0.1) is 12.1 Å². The van der Waals surface area contributed by atoms with Crippen molar-refractivity contribution in [2.24, 2.45) is 0 Å². The second-order valence-corrected chi connectivity index (χ2v) is 9.93. The summed E-state index contributed by atoms with van der Waals surface area (Å²) in [4.78, 5) is 17.4. The molecular weight excluding hydrogens is 440 g/mol. The number of aliphatic hydroxyl groups is 1. The largest absolute Gasteiger partial charge is 0.465 e. The van der Waals surface area contributed by atoms with E-state index in [1.54, 1.807) is 0 Å². The fourth-order valence-corrected chi connectivity index (χ4v) is 5.42. The van der Waals surface area contributed by atoms with Crippen LogP contribution in [0.5, 0.6) is 0 Å². The molecule has 0 atom stereocenters. The number of carbonyl (C=O) groups is 1. The Hall–Kier alpha value is -3.35. The van der Waals surface area contributed by atoms with E-state index in [0.29, 0.717) is 37.3 Å². The molecular formula is C29H30N2O4. The third-order valence-electron chi connectivity index (χ3n) is 7.54. The molecule has 4 heterocycles. The highest BCUT2D eigenvalue weighted by Gasteiger charge is 2.34. The van der Waals surface area contributed by atoms with Crippen molar-refractivity contribution in [3.63, 3.8) is 0 Å². The summed E-state index contributed by atoms with van der Waals surface area (Å²) in [6.07, 6.45) is 2.15. The van der Waals surface area contributed by atoms with E-state index in [1.807, 2.05) is 60.4 Å². The summed E-state index contributed by atoms with van der Waals surface area (Å²) in [5, 5.41) is 12.3. The summed E-state index contributed by atoms with van der Waals surface area (Å²) in [6.45, 7) is 5.59. The number of piperidine rings is 1. The van der Waals surface area contributed by atoms with Crippen LogP contribution in [0, 0.1) is 6.92 Å². The monoisotopic (exact) mass is 470 g/mol. The number of benzene rings is 2. The van der Waals surface area contributed by atoms with Gasteiger partial charge < -0.3 is 18.8 Å². The summed E-state index contributed by atoms with van der Waals surface area (Å²) in [6, 6.07) is 19.9. The highest BCUT2D eigenvalue weighted by molar-refractivity contribution is 5.96. The zero-order valence-corrected chi connectivity index (χ0v) is 20.0. The average Bonchev–Trinajstić information content (AvgIpc) is 3.50. The number of hydrogen-bond donors (Lipinski definition) is 1. The van der Waals surface area contributed by atoms with E-state index >= 15 is 0 Å². The lowest BCUT2D eigenvalue weighted by atomic mass is 9.84. The van der Waals surface area contributed by atoms with E-state index in [1.165, 1.54) is 11.1 Å². The first-order chi connectivity index (χ1) is 17.0. The van der Waals surface area contributed by atoms with E-state index < -0.39 is 5.60 Å². The molecule has 0 aliphatic carbocycles. The fraction of sp³-hybridized carbons (Fsp3) is 0.345. The molecule has 0 radical (unpaired) electrons. The molecule has 2 aromatic heterocycles. The van der Waals surface area contributed by atoms with Crippen molar-refractivity contribution in [2.75, 3.05) is 19.6 Å². The van der Waals surface area contributed by atoms with Gasteiger partial charge in [-0.2, -0.15) is 0 Å². The van der Waals surface area contributed by atoms with E-state index in [2.05, 4.69) is 17.0 Å². The second-order valence-electron chi connectivity index (χ2n) is 9.93. The lowest BCUT2D eigenvalue weighted by Gasteiger charge is -2.38. The number of furan rings is 2. The number of nitrogens with zero attached hydrogens (tertiary/aromatic N) is 2. The quantitative estimate of drug-likeness (QED) is 0.454. The molecule has 6 heteroatoms. The zero-order chi connectivity index (χ0) is 24.0. The molecule has 2 aliphatic rings. The van der Waals surface area contributed by atoms with Gasteiger partial charge in [0.15, 0.2) is 5.76 Å². The van der Waals surface area contributed by atoms with Crippen LogP contribution in [0.2, 0.25) is 0 Å². The molecule has 1 fully saturated rings. The fourth-order valence-electron chi connectivity index (χ4n) is 5.42. The molecule has 0 bridgehead atoms. The summed E-state index contributed by atoms with van der Waals surface area (Å²) in [5.74, 6) is 2.15. The van der Waals surface area contributed by atoms with Crippen molar-refractivity contribution in [1.82, 2.24) is 9.80 Å². The molecule has 2 aliphatic heterocycles. The van der Waals surface area contributed by atoms with Crippen LogP contribution in [0.1, 0.15) is 51.6 Å². The van der Waals surface area contributed by atoms with Crippen LogP contribution in [0.4, 0.5) is 0 Å². The molecule has 6 rings (SSSR count). The third-order valence-corrected chi connectivity index (χ3v) is 7.54. The van der Waals surface area contributed by atoms with Gasteiger partial charge in [0, 0.05) is 31.6 Å². The molecule has 35 heavy (non-hydrogen) atoms. The minimum absolute atomic E-state index is 0.0857. The van der Waals surface area contributed by atoms with Crippen LogP contribution in [0.25, 0.3) is 11.0 Å². The van der Waals surface area contributed by atoms with Crippen LogP contribution in [-0.4, -0.2) is 40.4 Å². The van der Waals surface area contributed by atoms with E-state index in [-0.39, 0.29) is 5.91 Å². The summed E-state index contributed by atoms with van der Waals surface area (Å²) in [5.41, 5.74) is 3.17. The Kier molecular flexibility index (Phi) is 5.50. The van der Waals surface area contributed by atoms with Gasteiger partial charge in [-0.25, -0.2) is 0 Å². The van der Waals surface area contributed by atoms with E-state index in [0.717, 1.165) is 48.5 Å². The molecule has 1 amide bonds. The van der Waals surface area contributed by atoms with Crippen LogP contribution in [0.15, 0.2) is 69.5 Å². The Balaban J connectivity index is 1.16. The number of carbonyl (C=O) groups excluding carboxylic acids is 1. The molecule has 2 aromatic carbocycles. The lowest BCUT2D eigenvalue weighted by molar-refractivity contribution is -0.0288. The number of rotatable bonds is 4. The molecule has 0 unspecified atom stereocenters. The minimum atomic E-state index is -0.887. The molecule has 4 aromatic rings. The summed E-state index contributed by atoms with van der Waals surface area (Å²) in [7, 11) is 0. The first-order valence-electron chi connectivity index (χ1n) is 12.4. The van der Waals surface area contributed by atoms with Gasteiger partial charge in [0.25, 0.3) is 5.91 Å². The Morgan fingerprint density at radius 1 is 0.971 bits per heavy atom. The van der Waals surface area contributed by atoms with Gasteiger partial charge in [-0.3, -0.25) is 9.69 Å². The number of aryl methyl sites for hydroxylation is 1. The van der Waals surface area contributed by atoms with Crippen LogP contribution in [0.3, 0.4) is 0 Å². The normalized spacial score (nSPS) is 18.1. The standard InChI is InChI=1S/C29H30N2O4/c1-20-6-8-25(34-20)19-30-14-11-29(33,12-15-30)24-7-9-26-23(16-24)17-27(35-26)28(32)31-13-10-21-4-2-3-5-22(21)18-31/h2-9,16-17,33H,10-15,18-19H2,1H3. The van der Waals surface area contributed by atoms with Gasteiger partial charge >= 0.3 is 0 Å². The Labute approximate surface area is 204 Å². The van der Waals surface area contributed by atoms with Crippen molar-refractivity contribution in [1.29, 1.82) is 0 Å². The maximum Gasteiger partial charge on any atom is 0.289 e. The average molecular weight is 471 g/mol. The number of hydrogen-bond acceptors (Lipinski definition) is 5. The SMILES string of the molecule is Cc1ccc(CN2CCC(O)(c3ccc4oc(C(=O)N5CCc6ccccc6C5)cc4c3)CC2)o1. The highest BCUT2D eigenvalue weighted by atomic mass is 16.3. The Morgan fingerprint density at radius 2 is 1.77 bits per heavy atom. The lowest BCUT2D eigenvalue weighted by Crippen LogP contribution is -2.42. The summed E-state index contributed by atoms with van der Waals surface area (Å²) < 4.78 is 11.6. The van der Waals surface area contributed by atoms with Crippen molar-refractivity contribution < 1.29 is 18.7 Å². The van der Waals surface area contributed by atoms with Gasteiger partial charge in [-0.05, 0) is 73.2 Å². The van der Waals surface area contributed by atoms with Gasteiger partial charge in [-0.15, -0.1) is 0 Å². The van der Waals surface area contributed by atoms with Crippen LogP contribution >= 0.6 is 0 Å². The Morgan fingerprint density at radius 3 is 2.54 bits per heavy atom. The van der Waals surface area contributed by atoms with Crippen molar-refractivity contribution >= 4 is 16.9 Å². The van der Waals surface area contributed by atoms with Gasteiger partial charge in [-0.1, -0.05) is 30.3 Å². The van der Waals surface area contributed by atoms with E-state index in [9.17, 15) is 9.90 Å². The molecule has 180 valence electrons. The predicted molar refractivity (Wildman–Crippen MR) is 133 cm³/mol. The predicted octanol–water partition coefficient (Wildman–Crippen LogP) is 5.02. The summed E-state index contributed by atoms with van der Waals surface area (Å²) >= 11 is 0. The molecule has 1 N–H and O–H groups in total. The zero-order valence-electron chi connectivity index (χ0n) is 20.0. The maximum absolute atomic E-state index is 13.2. The molecule has 1 saturated heterocycles. The van der Waals surface area contributed by atoms with Gasteiger partial charge in [0.1, 0.15) is 17.1 Å². The number of amides is 1. The topological polar surface area (TPSA) is 70.1 Å². The first kappa shape index (κ1) is 22.1.